The lowest BCUT2D eigenvalue weighted by atomic mass is 10.1. The van der Waals surface area contributed by atoms with E-state index in [9.17, 15) is 4.79 Å². The number of nitrogens with zero attached hydrogens (tertiary/aromatic N) is 1. The Morgan fingerprint density at radius 1 is 1.60 bits per heavy atom. The molecule has 1 atom stereocenters. The molecule has 1 aliphatic rings. The highest BCUT2D eigenvalue weighted by Gasteiger charge is 2.20. The highest BCUT2D eigenvalue weighted by molar-refractivity contribution is 7.10. The maximum absolute atomic E-state index is 12.3. The van der Waals surface area contributed by atoms with Gasteiger partial charge in [0.05, 0.1) is 16.5 Å². The van der Waals surface area contributed by atoms with Gasteiger partial charge in [0.2, 0.25) is 0 Å². The molecule has 0 aliphatic carbocycles. The fraction of sp³-hybridized carbons (Fsp3) is 0.533. The van der Waals surface area contributed by atoms with E-state index in [1.165, 1.54) is 17.8 Å². The third-order valence-corrected chi connectivity index (χ3v) is 4.08. The molecule has 0 aromatic carbocycles. The second-order valence-corrected chi connectivity index (χ2v) is 5.75. The Labute approximate surface area is 123 Å². The van der Waals surface area contributed by atoms with Crippen LogP contribution in [0.4, 0.5) is 0 Å². The molecule has 1 saturated heterocycles. The Balaban J connectivity index is 1.93. The normalized spacial score (nSPS) is 18.2. The van der Waals surface area contributed by atoms with Crippen LogP contribution in [0.2, 0.25) is 0 Å². The molecule has 1 amide bonds. The summed E-state index contributed by atoms with van der Waals surface area (Å²) in [6.45, 7) is 1.26. The second-order valence-electron chi connectivity index (χ2n) is 4.83. The van der Waals surface area contributed by atoms with Crippen molar-refractivity contribution in [2.45, 2.75) is 25.4 Å². The van der Waals surface area contributed by atoms with E-state index in [0.717, 1.165) is 24.3 Å². The van der Waals surface area contributed by atoms with Crippen molar-refractivity contribution in [1.82, 2.24) is 4.90 Å². The second kappa shape index (κ2) is 7.44. The summed E-state index contributed by atoms with van der Waals surface area (Å²) in [5, 5.41) is 10.5. The molecule has 0 radical (unpaired) electrons. The van der Waals surface area contributed by atoms with Crippen LogP contribution in [0.25, 0.3) is 0 Å². The van der Waals surface area contributed by atoms with E-state index in [2.05, 4.69) is 11.8 Å². The summed E-state index contributed by atoms with van der Waals surface area (Å²) in [7, 11) is 1.80. The van der Waals surface area contributed by atoms with E-state index < -0.39 is 0 Å². The first-order chi connectivity index (χ1) is 9.70. The topological polar surface area (TPSA) is 49.8 Å². The third-order valence-electron chi connectivity index (χ3n) is 3.24. The van der Waals surface area contributed by atoms with Gasteiger partial charge in [0.15, 0.2) is 0 Å². The van der Waals surface area contributed by atoms with Gasteiger partial charge < -0.3 is 14.7 Å². The molecule has 4 nitrogen and oxygen atoms in total. The monoisotopic (exact) mass is 293 g/mol. The average molecular weight is 293 g/mol. The summed E-state index contributed by atoms with van der Waals surface area (Å²) in [4.78, 5) is 14.8. The Morgan fingerprint density at radius 2 is 2.45 bits per heavy atom. The number of hydrogen-bond donors (Lipinski definition) is 1. The highest BCUT2D eigenvalue weighted by Crippen LogP contribution is 2.17. The Kier molecular flexibility index (Phi) is 5.60. The predicted octanol–water partition coefficient (Wildman–Crippen LogP) is 1.73. The third kappa shape index (κ3) is 4.07. The van der Waals surface area contributed by atoms with Crippen LogP contribution in [0.3, 0.4) is 0 Å². The first-order valence-electron chi connectivity index (χ1n) is 6.76. The SMILES string of the molecule is CN(CC1CCCCO1)C(=O)c1csc(C#CCO)c1. The van der Waals surface area contributed by atoms with Gasteiger partial charge in [-0.2, -0.15) is 0 Å². The Hall–Kier alpha value is -1.35. The minimum atomic E-state index is -0.167. The van der Waals surface area contributed by atoms with Gasteiger partial charge in [0.25, 0.3) is 5.91 Å². The number of rotatable bonds is 3. The first-order valence-corrected chi connectivity index (χ1v) is 7.64. The minimum Gasteiger partial charge on any atom is -0.384 e. The van der Waals surface area contributed by atoms with Crippen LogP contribution in [-0.4, -0.2) is 48.8 Å². The number of likely N-dealkylation sites (N-methyl/N-ethyl adjacent to an activating group) is 1. The number of hydrogen-bond acceptors (Lipinski definition) is 4. The van der Waals surface area contributed by atoms with Crippen molar-refractivity contribution < 1.29 is 14.6 Å². The van der Waals surface area contributed by atoms with Crippen molar-refractivity contribution >= 4 is 17.2 Å². The molecule has 0 saturated carbocycles. The molecule has 108 valence electrons. The Morgan fingerprint density at radius 3 is 3.15 bits per heavy atom. The maximum atomic E-state index is 12.3. The number of carbonyl (C=O) groups is 1. The lowest BCUT2D eigenvalue weighted by molar-refractivity contribution is -0.000177. The van der Waals surface area contributed by atoms with Crippen molar-refractivity contribution in [3.8, 4) is 11.8 Å². The smallest absolute Gasteiger partial charge is 0.254 e. The quantitative estimate of drug-likeness (QED) is 0.864. The molecule has 1 fully saturated rings. The van der Waals surface area contributed by atoms with Gasteiger partial charge in [0.1, 0.15) is 6.61 Å². The molecule has 2 rings (SSSR count). The van der Waals surface area contributed by atoms with Crippen molar-refractivity contribution in [2.24, 2.45) is 0 Å². The van der Waals surface area contributed by atoms with Gasteiger partial charge >= 0.3 is 0 Å². The summed E-state index contributed by atoms with van der Waals surface area (Å²) >= 11 is 1.42. The predicted molar refractivity (Wildman–Crippen MR) is 78.8 cm³/mol. The highest BCUT2D eigenvalue weighted by atomic mass is 32.1. The Bertz CT molecular complexity index is 509. The number of ether oxygens (including phenoxy) is 1. The molecule has 20 heavy (non-hydrogen) atoms. The summed E-state index contributed by atoms with van der Waals surface area (Å²) < 4.78 is 5.65. The molecule has 5 heteroatoms. The van der Waals surface area contributed by atoms with Gasteiger partial charge in [-0.05, 0) is 25.3 Å². The average Bonchev–Trinajstić information content (AvgIpc) is 2.94. The molecule has 1 N–H and O–H groups in total. The summed E-state index contributed by atoms with van der Waals surface area (Å²) in [5.41, 5.74) is 0.649. The summed E-state index contributed by atoms with van der Waals surface area (Å²) in [6.07, 6.45) is 3.47. The van der Waals surface area contributed by atoms with E-state index >= 15 is 0 Å². The number of thiophene rings is 1. The molecular weight excluding hydrogens is 274 g/mol. The van der Waals surface area contributed by atoms with Crippen LogP contribution >= 0.6 is 11.3 Å². The largest absolute Gasteiger partial charge is 0.384 e. The molecule has 1 aliphatic heterocycles. The van der Waals surface area contributed by atoms with E-state index in [4.69, 9.17) is 9.84 Å². The van der Waals surface area contributed by atoms with Crippen LogP contribution < -0.4 is 0 Å². The van der Waals surface area contributed by atoms with Gasteiger partial charge in [0, 0.05) is 25.6 Å². The van der Waals surface area contributed by atoms with Crippen LogP contribution in [0.15, 0.2) is 11.4 Å². The molecule has 2 heterocycles. The van der Waals surface area contributed by atoms with E-state index in [-0.39, 0.29) is 18.6 Å². The zero-order valence-electron chi connectivity index (χ0n) is 11.6. The van der Waals surface area contributed by atoms with Gasteiger partial charge in [-0.1, -0.05) is 11.8 Å². The molecular formula is C15H19NO3S. The fourth-order valence-corrected chi connectivity index (χ4v) is 2.95. The van der Waals surface area contributed by atoms with Crippen LogP contribution in [0.1, 0.15) is 34.5 Å². The van der Waals surface area contributed by atoms with Gasteiger partial charge in [-0.3, -0.25) is 4.79 Å². The van der Waals surface area contributed by atoms with Crippen molar-refractivity contribution in [3.63, 3.8) is 0 Å². The van der Waals surface area contributed by atoms with Gasteiger partial charge in [-0.25, -0.2) is 0 Å². The number of aliphatic hydroxyl groups excluding tert-OH is 1. The maximum Gasteiger partial charge on any atom is 0.254 e. The fourth-order valence-electron chi connectivity index (χ4n) is 2.20. The van der Waals surface area contributed by atoms with Crippen molar-refractivity contribution in [1.29, 1.82) is 0 Å². The molecule has 1 aromatic rings. The zero-order valence-corrected chi connectivity index (χ0v) is 12.4. The summed E-state index contributed by atoms with van der Waals surface area (Å²) in [6, 6.07) is 1.77. The van der Waals surface area contributed by atoms with Crippen LogP contribution in [0.5, 0.6) is 0 Å². The standard InChI is InChI=1S/C15H19NO3S/c1-16(10-13-5-2-3-8-19-13)15(18)12-9-14(20-11-12)6-4-7-17/h9,11,13,17H,2-3,5,7-8,10H2,1H3. The number of amides is 1. The van der Waals surface area contributed by atoms with Crippen LogP contribution in [-0.2, 0) is 4.74 Å². The van der Waals surface area contributed by atoms with Gasteiger partial charge in [-0.15, -0.1) is 11.3 Å². The van der Waals surface area contributed by atoms with Crippen molar-refractivity contribution in [2.75, 3.05) is 26.8 Å². The summed E-state index contributed by atoms with van der Waals surface area (Å²) in [5.74, 6) is 5.39. The zero-order chi connectivity index (χ0) is 14.4. The lowest BCUT2D eigenvalue weighted by Crippen LogP contribution is -2.36. The molecule has 0 bridgehead atoms. The molecule has 1 aromatic heterocycles. The lowest BCUT2D eigenvalue weighted by Gasteiger charge is -2.27. The molecule has 0 spiro atoms. The van der Waals surface area contributed by atoms with E-state index in [1.54, 1.807) is 18.0 Å². The number of carbonyl (C=O) groups excluding carboxylic acids is 1. The first kappa shape index (κ1) is 15.0. The van der Waals surface area contributed by atoms with E-state index in [0.29, 0.717) is 12.1 Å². The van der Waals surface area contributed by atoms with Crippen LogP contribution in [0, 0.1) is 11.8 Å². The van der Waals surface area contributed by atoms with Crippen molar-refractivity contribution in [3.05, 3.63) is 21.9 Å². The number of aliphatic hydroxyl groups is 1. The minimum absolute atomic E-state index is 0.00697. The van der Waals surface area contributed by atoms with E-state index in [1.807, 2.05) is 5.38 Å². The molecule has 1 unspecified atom stereocenters.